The topological polar surface area (TPSA) is 73.6 Å². The van der Waals surface area contributed by atoms with Crippen LogP contribution in [0.15, 0.2) is 0 Å². The van der Waals surface area contributed by atoms with E-state index in [4.69, 9.17) is 15.2 Å². The number of amides is 1. The molecule has 0 aromatic rings. The molecular formula is C25H52N2O3. The van der Waals surface area contributed by atoms with E-state index in [9.17, 15) is 4.79 Å². The van der Waals surface area contributed by atoms with Gasteiger partial charge < -0.3 is 20.5 Å². The summed E-state index contributed by atoms with van der Waals surface area (Å²) in [5, 5.41) is 2.66. The number of unbranched alkanes of at least 4 members (excludes halogenated alkanes) is 15. The minimum atomic E-state index is -0.398. The highest BCUT2D eigenvalue weighted by Gasteiger charge is 2.07. The number of hydrogen-bond donors (Lipinski definition) is 2. The first-order chi connectivity index (χ1) is 14.7. The van der Waals surface area contributed by atoms with E-state index in [0.29, 0.717) is 13.2 Å². The zero-order valence-electron chi connectivity index (χ0n) is 20.2. The van der Waals surface area contributed by atoms with Gasteiger partial charge in [-0.1, -0.05) is 110 Å². The molecule has 1 atom stereocenters. The molecule has 0 spiro atoms. The number of alkyl carbamates (subject to hydrolysis) is 1. The summed E-state index contributed by atoms with van der Waals surface area (Å²) in [6, 6.07) is -0.251. The van der Waals surface area contributed by atoms with Crippen molar-refractivity contribution in [1.29, 1.82) is 0 Å². The van der Waals surface area contributed by atoms with Crippen molar-refractivity contribution in [2.24, 2.45) is 5.73 Å². The Kier molecular flexibility index (Phi) is 23.8. The van der Waals surface area contributed by atoms with Crippen LogP contribution in [0.1, 0.15) is 123 Å². The number of hydrogen-bond acceptors (Lipinski definition) is 4. The molecule has 5 heteroatoms. The van der Waals surface area contributed by atoms with Crippen molar-refractivity contribution in [2.45, 2.75) is 129 Å². The Morgan fingerprint density at radius 3 is 1.63 bits per heavy atom. The lowest BCUT2D eigenvalue weighted by atomic mass is 10.0. The van der Waals surface area contributed by atoms with Gasteiger partial charge in [-0.15, -0.1) is 0 Å². The number of carbonyl (C=O) groups excluding carboxylic acids is 1. The van der Waals surface area contributed by atoms with Gasteiger partial charge in [0.1, 0.15) is 6.61 Å². The number of ether oxygens (including phenoxy) is 2. The summed E-state index contributed by atoms with van der Waals surface area (Å²) in [7, 11) is 0. The van der Waals surface area contributed by atoms with Crippen LogP contribution in [-0.2, 0) is 9.47 Å². The molecule has 0 heterocycles. The summed E-state index contributed by atoms with van der Waals surface area (Å²) in [5.41, 5.74) is 5.89. The van der Waals surface area contributed by atoms with Gasteiger partial charge >= 0.3 is 6.09 Å². The van der Waals surface area contributed by atoms with Crippen molar-refractivity contribution in [3.63, 3.8) is 0 Å². The van der Waals surface area contributed by atoms with Crippen molar-refractivity contribution < 1.29 is 14.3 Å². The van der Waals surface area contributed by atoms with Crippen LogP contribution in [0.3, 0.4) is 0 Å². The lowest BCUT2D eigenvalue weighted by Gasteiger charge is -2.13. The Labute approximate surface area is 187 Å². The smallest absolute Gasteiger partial charge is 0.407 e. The molecule has 0 aromatic carbocycles. The maximum Gasteiger partial charge on any atom is 0.407 e. The van der Waals surface area contributed by atoms with Crippen LogP contribution in [0.4, 0.5) is 4.79 Å². The van der Waals surface area contributed by atoms with Crippen LogP contribution in [0.5, 0.6) is 0 Å². The van der Waals surface area contributed by atoms with Gasteiger partial charge in [0.15, 0.2) is 0 Å². The van der Waals surface area contributed by atoms with Crippen molar-refractivity contribution in [3.8, 4) is 0 Å². The largest absolute Gasteiger partial charge is 0.448 e. The van der Waals surface area contributed by atoms with E-state index < -0.39 is 6.09 Å². The molecule has 0 bridgehead atoms. The van der Waals surface area contributed by atoms with Gasteiger partial charge in [0, 0.05) is 13.2 Å². The summed E-state index contributed by atoms with van der Waals surface area (Å²) in [4.78, 5) is 11.3. The third kappa shape index (κ3) is 23.5. The fraction of sp³-hybridized carbons (Fsp3) is 0.960. The zero-order valence-corrected chi connectivity index (χ0v) is 20.2. The quantitative estimate of drug-likeness (QED) is 0.177. The van der Waals surface area contributed by atoms with Gasteiger partial charge in [0.2, 0.25) is 0 Å². The average Bonchev–Trinajstić information content (AvgIpc) is 2.75. The summed E-state index contributed by atoms with van der Waals surface area (Å²) in [6.45, 7) is 6.30. The second-order valence-electron chi connectivity index (χ2n) is 8.66. The fourth-order valence-electron chi connectivity index (χ4n) is 3.50. The lowest BCUT2D eigenvalue weighted by Crippen LogP contribution is -2.35. The molecule has 0 aromatic heterocycles. The first-order valence-electron chi connectivity index (χ1n) is 12.9. The summed E-state index contributed by atoms with van der Waals surface area (Å²) < 4.78 is 10.6. The van der Waals surface area contributed by atoms with Gasteiger partial charge in [-0.05, 0) is 12.8 Å². The molecule has 0 radical (unpaired) electrons. The average molecular weight is 429 g/mol. The molecule has 1 unspecified atom stereocenters. The molecule has 0 fully saturated rings. The van der Waals surface area contributed by atoms with Crippen molar-refractivity contribution >= 4 is 6.09 Å². The van der Waals surface area contributed by atoms with Gasteiger partial charge in [-0.25, -0.2) is 4.79 Å². The number of nitrogens with two attached hydrogens (primary N) is 1. The van der Waals surface area contributed by atoms with E-state index in [-0.39, 0.29) is 12.6 Å². The highest BCUT2D eigenvalue weighted by molar-refractivity contribution is 5.67. The summed E-state index contributed by atoms with van der Waals surface area (Å²) >= 11 is 0. The Morgan fingerprint density at radius 1 is 0.700 bits per heavy atom. The monoisotopic (exact) mass is 428 g/mol. The number of carbonyl (C=O) groups is 1. The minimum absolute atomic E-state index is 0.203. The molecule has 3 N–H and O–H groups in total. The van der Waals surface area contributed by atoms with E-state index in [2.05, 4.69) is 12.2 Å². The first-order valence-corrected chi connectivity index (χ1v) is 12.9. The molecule has 0 aliphatic carbocycles. The summed E-state index contributed by atoms with van der Waals surface area (Å²) in [6.07, 6.45) is 22.5. The second-order valence-corrected chi connectivity index (χ2v) is 8.66. The SMILES string of the molecule is CCCCCCCCCCCCCCCCCCOCC(N)COC(=O)NCCC. The molecule has 1 amide bonds. The van der Waals surface area contributed by atoms with Crippen LogP contribution >= 0.6 is 0 Å². The second kappa shape index (κ2) is 24.5. The van der Waals surface area contributed by atoms with Crippen LogP contribution < -0.4 is 11.1 Å². The third-order valence-corrected chi connectivity index (χ3v) is 5.42. The van der Waals surface area contributed by atoms with Crippen LogP contribution in [0, 0.1) is 0 Å². The Hall–Kier alpha value is -0.810. The Morgan fingerprint density at radius 2 is 1.17 bits per heavy atom. The highest BCUT2D eigenvalue weighted by atomic mass is 16.6. The maximum atomic E-state index is 11.3. The van der Waals surface area contributed by atoms with Crippen molar-refractivity contribution in [1.82, 2.24) is 5.32 Å². The molecule has 0 aliphatic heterocycles. The highest BCUT2D eigenvalue weighted by Crippen LogP contribution is 2.13. The van der Waals surface area contributed by atoms with Crippen molar-refractivity contribution in [2.75, 3.05) is 26.4 Å². The lowest BCUT2D eigenvalue weighted by molar-refractivity contribution is 0.0849. The van der Waals surface area contributed by atoms with E-state index in [1.807, 2.05) is 6.92 Å². The molecule has 0 saturated heterocycles. The fourth-order valence-corrected chi connectivity index (χ4v) is 3.50. The third-order valence-electron chi connectivity index (χ3n) is 5.42. The molecule has 0 rings (SSSR count). The Balaban J connectivity index is 3.16. The number of rotatable bonds is 23. The number of nitrogens with one attached hydrogen (secondary N) is 1. The molecule has 0 aliphatic rings. The van der Waals surface area contributed by atoms with E-state index in [0.717, 1.165) is 19.4 Å². The molecule has 180 valence electrons. The van der Waals surface area contributed by atoms with Gasteiger partial charge in [0.05, 0.1) is 12.6 Å². The van der Waals surface area contributed by atoms with Crippen LogP contribution in [0.25, 0.3) is 0 Å². The van der Waals surface area contributed by atoms with Gasteiger partial charge in [-0.2, -0.15) is 0 Å². The summed E-state index contributed by atoms with van der Waals surface area (Å²) in [5.74, 6) is 0. The molecule has 5 nitrogen and oxygen atoms in total. The van der Waals surface area contributed by atoms with Gasteiger partial charge in [-0.3, -0.25) is 0 Å². The van der Waals surface area contributed by atoms with E-state index in [1.54, 1.807) is 0 Å². The molecule has 0 saturated carbocycles. The van der Waals surface area contributed by atoms with E-state index >= 15 is 0 Å². The standard InChI is InChI=1S/C25H52N2O3/c1-3-5-6-7-8-9-10-11-12-13-14-15-16-17-18-19-21-29-22-24(26)23-30-25(28)27-20-4-2/h24H,3-23,26H2,1-2H3,(H,27,28). The van der Waals surface area contributed by atoms with Gasteiger partial charge in [0.25, 0.3) is 0 Å². The Bertz CT molecular complexity index is 353. The molecule has 30 heavy (non-hydrogen) atoms. The van der Waals surface area contributed by atoms with Crippen molar-refractivity contribution in [3.05, 3.63) is 0 Å². The zero-order chi connectivity index (χ0) is 22.1. The van der Waals surface area contributed by atoms with Crippen LogP contribution in [-0.4, -0.2) is 38.5 Å². The first kappa shape index (κ1) is 29.2. The predicted molar refractivity (Wildman–Crippen MR) is 128 cm³/mol. The maximum absolute atomic E-state index is 11.3. The van der Waals surface area contributed by atoms with Crippen LogP contribution in [0.2, 0.25) is 0 Å². The molecular weight excluding hydrogens is 376 g/mol. The predicted octanol–water partition coefficient (Wildman–Crippen LogP) is 6.73. The van der Waals surface area contributed by atoms with E-state index in [1.165, 1.54) is 96.3 Å². The minimum Gasteiger partial charge on any atom is -0.448 e. The normalized spacial score (nSPS) is 12.1.